The predicted molar refractivity (Wildman–Crippen MR) is 181 cm³/mol. The van der Waals surface area contributed by atoms with Gasteiger partial charge in [0.1, 0.15) is 22.8 Å². The summed E-state index contributed by atoms with van der Waals surface area (Å²) in [6, 6.07) is 3.57. The van der Waals surface area contributed by atoms with E-state index in [1.807, 2.05) is 13.8 Å². The van der Waals surface area contributed by atoms with Gasteiger partial charge in [-0.05, 0) is 79.0 Å². The van der Waals surface area contributed by atoms with E-state index >= 15 is 0 Å². The van der Waals surface area contributed by atoms with Gasteiger partial charge >= 0.3 is 6.03 Å². The summed E-state index contributed by atoms with van der Waals surface area (Å²) in [5.74, 6) is 0.166. The Labute approximate surface area is 287 Å². The third kappa shape index (κ3) is 9.10. The van der Waals surface area contributed by atoms with Gasteiger partial charge in [-0.1, -0.05) is 17.2 Å². The Bertz CT molecular complexity index is 1680. The van der Waals surface area contributed by atoms with Crippen molar-refractivity contribution in [1.29, 1.82) is 0 Å². The zero-order valence-electron chi connectivity index (χ0n) is 29.4. The molecule has 0 bridgehead atoms. The van der Waals surface area contributed by atoms with Crippen molar-refractivity contribution < 1.29 is 41.6 Å². The van der Waals surface area contributed by atoms with E-state index in [0.717, 1.165) is 12.8 Å². The number of aliphatic hydroxyl groups excluding tert-OH is 1. The van der Waals surface area contributed by atoms with Gasteiger partial charge in [-0.25, -0.2) is 13.2 Å². The fourth-order valence-electron chi connectivity index (χ4n) is 5.73. The first-order valence-electron chi connectivity index (χ1n) is 16.4. The lowest BCUT2D eigenvalue weighted by Crippen LogP contribution is -2.48. The Kier molecular flexibility index (Phi) is 12.3. The molecule has 0 aliphatic carbocycles. The lowest BCUT2D eigenvalue weighted by Gasteiger charge is -2.35. The van der Waals surface area contributed by atoms with E-state index in [1.54, 1.807) is 33.9 Å². The molecule has 2 aromatic heterocycles. The Morgan fingerprint density at radius 1 is 1.10 bits per heavy atom. The summed E-state index contributed by atoms with van der Waals surface area (Å²) < 4.78 is 52.0. The number of ether oxygens (including phenoxy) is 2. The first kappa shape index (κ1) is 37.7. The molecule has 49 heavy (non-hydrogen) atoms. The number of nitrogens with one attached hydrogen (secondary N) is 2. The van der Waals surface area contributed by atoms with Gasteiger partial charge < -0.3 is 38.7 Å². The minimum atomic E-state index is -4.10. The second-order valence-electron chi connectivity index (χ2n) is 12.8. The van der Waals surface area contributed by atoms with E-state index in [0.29, 0.717) is 35.9 Å². The molecule has 0 unspecified atom stereocenters. The van der Waals surface area contributed by atoms with Gasteiger partial charge in [-0.15, -0.1) is 0 Å². The van der Waals surface area contributed by atoms with E-state index in [9.17, 15) is 23.1 Å². The third-order valence-electron chi connectivity index (χ3n) is 8.61. The lowest BCUT2D eigenvalue weighted by atomic mass is 10.0. The number of urea groups is 1. The van der Waals surface area contributed by atoms with Crippen LogP contribution in [0.15, 0.2) is 32.1 Å². The van der Waals surface area contributed by atoms with Crippen molar-refractivity contribution in [3.05, 3.63) is 46.7 Å². The highest BCUT2D eigenvalue weighted by Crippen LogP contribution is 2.30. The maximum atomic E-state index is 14.4. The molecule has 3 heterocycles. The van der Waals surface area contributed by atoms with Crippen molar-refractivity contribution >= 4 is 33.3 Å². The smallest absolute Gasteiger partial charge is 0.321 e. The molecule has 0 saturated heterocycles. The van der Waals surface area contributed by atoms with Crippen LogP contribution in [0.5, 0.6) is 5.75 Å². The van der Waals surface area contributed by atoms with Crippen LogP contribution in [0.4, 0.5) is 16.2 Å². The molecule has 3 aromatic rings. The highest BCUT2D eigenvalue weighted by molar-refractivity contribution is 7.92. The normalized spacial score (nSPS) is 20.1. The predicted octanol–water partition coefficient (Wildman–Crippen LogP) is 4.66. The molecule has 1 aliphatic rings. The number of rotatable bonds is 8. The number of carbonyl (C=O) groups excluding carboxylic acids is 2. The van der Waals surface area contributed by atoms with Crippen LogP contribution in [0.1, 0.15) is 73.3 Å². The summed E-state index contributed by atoms with van der Waals surface area (Å²) in [5, 5.41) is 20.7. The molecule has 4 rings (SSSR count). The number of amides is 3. The fourth-order valence-corrected chi connectivity index (χ4v) is 7.11. The molecule has 4 atom stereocenters. The second-order valence-corrected chi connectivity index (χ2v) is 14.4. The van der Waals surface area contributed by atoms with Gasteiger partial charge in [0.05, 0.1) is 30.4 Å². The number of nitrogens with zero attached hydrogens (tertiary/aromatic N) is 4. The van der Waals surface area contributed by atoms with Crippen LogP contribution in [0.3, 0.4) is 0 Å². The summed E-state index contributed by atoms with van der Waals surface area (Å²) in [7, 11) is -2.44. The van der Waals surface area contributed by atoms with Crippen molar-refractivity contribution in [2.75, 3.05) is 43.4 Å². The van der Waals surface area contributed by atoms with E-state index in [2.05, 4.69) is 20.4 Å². The summed E-state index contributed by atoms with van der Waals surface area (Å²) in [5.41, 5.74) is 1.54. The molecular weight excluding hydrogens is 656 g/mol. The van der Waals surface area contributed by atoms with Crippen LogP contribution >= 0.6 is 0 Å². The average molecular weight is 705 g/mol. The maximum Gasteiger partial charge on any atom is 0.321 e. The highest BCUT2D eigenvalue weighted by atomic mass is 32.2. The number of hydrogen-bond donors (Lipinski definition) is 3. The van der Waals surface area contributed by atoms with Crippen LogP contribution in [0, 0.1) is 33.6 Å². The number of sulfonamides is 1. The van der Waals surface area contributed by atoms with Gasteiger partial charge in [-0.2, -0.15) is 0 Å². The molecule has 0 fully saturated rings. The summed E-state index contributed by atoms with van der Waals surface area (Å²) in [6.45, 7) is 12.5. The van der Waals surface area contributed by atoms with Crippen LogP contribution in [-0.4, -0.2) is 97.2 Å². The molecule has 0 radical (unpaired) electrons. The molecule has 15 nitrogen and oxygen atoms in total. The van der Waals surface area contributed by atoms with E-state index in [4.69, 9.17) is 18.5 Å². The molecule has 1 aliphatic heterocycles. The van der Waals surface area contributed by atoms with E-state index in [-0.39, 0.29) is 65.3 Å². The number of aromatic nitrogens is 2. The standard InChI is InChI=1S/C33H48N6O9S/c1-19-16-39(20(2)18-40)32(41)27-15-26(37-49(43,44)31-23(5)36-48-25(31)7)12-13-28(27)46-21(3)11-9-10-14-45-29(19)17-38(8)33(42)34-30-22(4)35-47-24(30)6/h12-13,15,19-21,29,37,40H,9-11,14,16-18H2,1-8H3,(H,34,42)/t19-,20+,21-,29+/m0/s1. The Balaban J connectivity index is 1.64. The second kappa shape index (κ2) is 16.0. The van der Waals surface area contributed by atoms with Crippen LogP contribution in [0.2, 0.25) is 0 Å². The highest BCUT2D eigenvalue weighted by Gasteiger charge is 2.32. The van der Waals surface area contributed by atoms with Crippen molar-refractivity contribution in [1.82, 2.24) is 20.1 Å². The molecule has 3 N–H and O–H groups in total. The van der Waals surface area contributed by atoms with Crippen LogP contribution < -0.4 is 14.8 Å². The third-order valence-corrected chi connectivity index (χ3v) is 10.2. The maximum absolute atomic E-state index is 14.4. The average Bonchev–Trinajstić information content (AvgIpc) is 3.56. The Morgan fingerprint density at radius 3 is 2.43 bits per heavy atom. The number of benzene rings is 1. The molecule has 0 spiro atoms. The van der Waals surface area contributed by atoms with Gasteiger partial charge in [-0.3, -0.25) is 9.52 Å². The lowest BCUT2D eigenvalue weighted by molar-refractivity contribution is -0.0115. The first-order chi connectivity index (χ1) is 23.1. The van der Waals surface area contributed by atoms with Crippen molar-refractivity contribution in [3.63, 3.8) is 0 Å². The zero-order valence-corrected chi connectivity index (χ0v) is 30.2. The van der Waals surface area contributed by atoms with Crippen LogP contribution in [-0.2, 0) is 14.8 Å². The summed E-state index contributed by atoms with van der Waals surface area (Å²) >= 11 is 0. The first-order valence-corrected chi connectivity index (χ1v) is 17.9. The van der Waals surface area contributed by atoms with E-state index < -0.39 is 28.1 Å². The van der Waals surface area contributed by atoms with Crippen molar-refractivity contribution in [2.45, 2.75) is 90.9 Å². The number of likely N-dealkylation sites (N-methyl/N-ethyl adjacent to an activating group) is 1. The molecule has 16 heteroatoms. The van der Waals surface area contributed by atoms with Crippen molar-refractivity contribution in [3.8, 4) is 5.75 Å². The zero-order chi connectivity index (χ0) is 36.0. The SMILES string of the molecule is Cc1noc(C)c1NC(=O)N(C)C[C@H]1OCCCC[C@H](C)Oc2ccc(NS(=O)(=O)c3c(C)noc3C)cc2C(=O)N([C@H](C)CO)C[C@@H]1C. The van der Waals surface area contributed by atoms with E-state index in [1.165, 1.54) is 35.8 Å². The number of aryl methyl sites for hydroxylation is 4. The van der Waals surface area contributed by atoms with Gasteiger partial charge in [0.25, 0.3) is 15.9 Å². The minimum absolute atomic E-state index is 0.0791. The number of aliphatic hydroxyl groups is 1. The quantitative estimate of drug-likeness (QED) is 0.296. The monoisotopic (exact) mass is 704 g/mol. The summed E-state index contributed by atoms with van der Waals surface area (Å²) in [4.78, 5) is 30.5. The van der Waals surface area contributed by atoms with Crippen LogP contribution in [0.25, 0.3) is 0 Å². The molecule has 270 valence electrons. The Morgan fingerprint density at radius 2 is 1.80 bits per heavy atom. The topological polar surface area (TPSA) is 190 Å². The molecule has 3 amide bonds. The molecule has 0 saturated carbocycles. The Hall–Kier alpha value is -4.15. The number of hydrogen-bond acceptors (Lipinski definition) is 11. The molecular formula is C33H48N6O9S. The molecule has 1 aromatic carbocycles. The minimum Gasteiger partial charge on any atom is -0.490 e. The largest absolute Gasteiger partial charge is 0.490 e. The van der Waals surface area contributed by atoms with Gasteiger partial charge in [0, 0.05) is 38.3 Å². The van der Waals surface area contributed by atoms with Gasteiger partial charge in [0.15, 0.2) is 16.4 Å². The van der Waals surface area contributed by atoms with Crippen molar-refractivity contribution in [2.24, 2.45) is 5.92 Å². The van der Waals surface area contributed by atoms with Gasteiger partial charge in [0.2, 0.25) is 0 Å². The number of carbonyl (C=O) groups is 2. The number of anilines is 2. The fraction of sp³-hybridized carbons (Fsp3) is 0.576. The summed E-state index contributed by atoms with van der Waals surface area (Å²) in [6.07, 6.45) is 1.48. The number of fused-ring (bicyclic) bond motifs is 1.